The van der Waals surface area contributed by atoms with E-state index in [2.05, 4.69) is 19.2 Å². The molecule has 1 N–H and O–H groups in total. The van der Waals surface area contributed by atoms with Crippen LogP contribution in [0, 0.1) is 0 Å². The number of amides is 1. The molecule has 0 saturated carbocycles. The minimum atomic E-state index is -3.49. The first-order valence-corrected chi connectivity index (χ1v) is 12.4. The van der Waals surface area contributed by atoms with Gasteiger partial charge in [0.15, 0.2) is 6.10 Å². The van der Waals surface area contributed by atoms with Crippen molar-refractivity contribution >= 4 is 15.9 Å². The first-order valence-electron chi connectivity index (χ1n) is 11.0. The van der Waals surface area contributed by atoms with Gasteiger partial charge in [-0.2, -0.15) is 4.31 Å². The Hall–Kier alpha value is -2.42. The van der Waals surface area contributed by atoms with Crippen molar-refractivity contribution in [3.63, 3.8) is 0 Å². The van der Waals surface area contributed by atoms with Crippen molar-refractivity contribution in [3.8, 4) is 5.75 Å². The molecule has 2 aromatic carbocycles. The molecule has 8 heteroatoms. The van der Waals surface area contributed by atoms with Gasteiger partial charge in [0.05, 0.1) is 18.1 Å². The third-order valence-corrected chi connectivity index (χ3v) is 7.39. The summed E-state index contributed by atoms with van der Waals surface area (Å²) < 4.78 is 37.8. The van der Waals surface area contributed by atoms with Gasteiger partial charge in [0, 0.05) is 19.6 Å². The monoisotopic (exact) mass is 460 g/mol. The summed E-state index contributed by atoms with van der Waals surface area (Å²) in [6, 6.07) is 14.6. The largest absolute Gasteiger partial charge is 0.481 e. The van der Waals surface area contributed by atoms with Gasteiger partial charge in [-0.1, -0.05) is 38.1 Å². The second kappa shape index (κ2) is 10.9. The molecule has 1 unspecified atom stereocenters. The van der Waals surface area contributed by atoms with Crippen LogP contribution >= 0.6 is 0 Å². The summed E-state index contributed by atoms with van der Waals surface area (Å²) in [5.74, 6) is 0.914. The highest BCUT2D eigenvalue weighted by molar-refractivity contribution is 7.89. The predicted octanol–water partition coefficient (Wildman–Crippen LogP) is 2.96. The van der Waals surface area contributed by atoms with Crippen molar-refractivity contribution in [2.45, 2.75) is 44.1 Å². The Balaban J connectivity index is 1.46. The van der Waals surface area contributed by atoms with Gasteiger partial charge in [-0.3, -0.25) is 4.79 Å². The highest BCUT2D eigenvalue weighted by Crippen LogP contribution is 2.20. The summed E-state index contributed by atoms with van der Waals surface area (Å²) in [4.78, 5) is 12.6. The highest BCUT2D eigenvalue weighted by Gasteiger charge is 2.26. The van der Waals surface area contributed by atoms with Crippen LogP contribution in [0.3, 0.4) is 0 Å². The number of nitrogens with one attached hydrogen (secondary N) is 1. The Morgan fingerprint density at radius 2 is 1.66 bits per heavy atom. The molecule has 32 heavy (non-hydrogen) atoms. The maximum atomic E-state index is 12.7. The number of nitrogens with zero attached hydrogens (tertiary/aromatic N) is 1. The summed E-state index contributed by atoms with van der Waals surface area (Å²) in [5.41, 5.74) is 2.17. The fourth-order valence-corrected chi connectivity index (χ4v) is 4.83. The maximum absolute atomic E-state index is 12.7. The van der Waals surface area contributed by atoms with Crippen LogP contribution < -0.4 is 10.1 Å². The molecule has 0 radical (unpaired) electrons. The summed E-state index contributed by atoms with van der Waals surface area (Å²) in [6.45, 7) is 8.00. The van der Waals surface area contributed by atoms with Gasteiger partial charge >= 0.3 is 0 Å². The lowest BCUT2D eigenvalue weighted by molar-refractivity contribution is -0.127. The minimum Gasteiger partial charge on any atom is -0.481 e. The molecule has 2 aromatic rings. The van der Waals surface area contributed by atoms with Gasteiger partial charge in [-0.05, 0) is 54.7 Å². The van der Waals surface area contributed by atoms with E-state index < -0.39 is 16.1 Å². The number of benzene rings is 2. The number of morpholine rings is 1. The van der Waals surface area contributed by atoms with Crippen molar-refractivity contribution in [2.75, 3.05) is 32.8 Å². The van der Waals surface area contributed by atoms with Crippen molar-refractivity contribution in [2.24, 2.45) is 0 Å². The third kappa shape index (κ3) is 6.31. The molecule has 3 rings (SSSR count). The molecule has 1 fully saturated rings. The number of hydrogen-bond acceptors (Lipinski definition) is 5. The fourth-order valence-electron chi connectivity index (χ4n) is 3.43. The van der Waals surface area contributed by atoms with Crippen molar-refractivity contribution in [1.82, 2.24) is 9.62 Å². The first-order chi connectivity index (χ1) is 15.3. The van der Waals surface area contributed by atoms with E-state index in [1.807, 2.05) is 24.3 Å². The van der Waals surface area contributed by atoms with E-state index in [4.69, 9.17) is 9.47 Å². The van der Waals surface area contributed by atoms with E-state index in [9.17, 15) is 13.2 Å². The van der Waals surface area contributed by atoms with Crippen molar-refractivity contribution < 1.29 is 22.7 Å². The van der Waals surface area contributed by atoms with Gasteiger partial charge in [0.25, 0.3) is 5.91 Å². The van der Waals surface area contributed by atoms with Crippen LogP contribution in [0.15, 0.2) is 53.4 Å². The lowest BCUT2D eigenvalue weighted by atomic mass is 10.0. The minimum absolute atomic E-state index is 0.190. The topological polar surface area (TPSA) is 84.9 Å². The summed E-state index contributed by atoms with van der Waals surface area (Å²) in [7, 11) is -3.49. The van der Waals surface area contributed by atoms with Crippen LogP contribution in [0.1, 0.15) is 37.8 Å². The molecule has 1 atom stereocenters. The molecular formula is C24H32N2O5S. The normalized spacial score (nSPS) is 16.0. The number of hydrogen-bond donors (Lipinski definition) is 1. The quantitative estimate of drug-likeness (QED) is 0.622. The smallest absolute Gasteiger partial charge is 0.260 e. The lowest BCUT2D eigenvalue weighted by Crippen LogP contribution is -2.40. The van der Waals surface area contributed by atoms with Gasteiger partial charge in [-0.25, -0.2) is 8.42 Å². The summed E-state index contributed by atoms with van der Waals surface area (Å²) >= 11 is 0. The van der Waals surface area contributed by atoms with Crippen LogP contribution in [0.25, 0.3) is 0 Å². The van der Waals surface area contributed by atoms with Crippen LogP contribution in [0.5, 0.6) is 5.75 Å². The zero-order valence-corrected chi connectivity index (χ0v) is 19.7. The van der Waals surface area contributed by atoms with Gasteiger partial charge < -0.3 is 14.8 Å². The molecule has 1 aliphatic rings. The molecule has 0 spiro atoms. The highest BCUT2D eigenvalue weighted by atomic mass is 32.2. The third-order valence-electron chi connectivity index (χ3n) is 5.47. The van der Waals surface area contributed by atoms with E-state index in [1.54, 1.807) is 31.2 Å². The van der Waals surface area contributed by atoms with Gasteiger partial charge in [0.1, 0.15) is 5.75 Å². The molecule has 1 heterocycles. The van der Waals surface area contributed by atoms with E-state index in [0.29, 0.717) is 50.9 Å². The van der Waals surface area contributed by atoms with Crippen LogP contribution in [-0.4, -0.2) is 57.6 Å². The molecule has 0 bridgehead atoms. The molecule has 0 aliphatic carbocycles. The van der Waals surface area contributed by atoms with E-state index in [0.717, 1.165) is 5.56 Å². The average molecular weight is 461 g/mol. The molecule has 0 aromatic heterocycles. The summed E-state index contributed by atoms with van der Waals surface area (Å²) in [6.07, 6.45) is -0.0136. The average Bonchev–Trinajstić information content (AvgIpc) is 2.80. The second-order valence-corrected chi connectivity index (χ2v) is 10.1. The zero-order chi connectivity index (χ0) is 23.1. The van der Waals surface area contributed by atoms with Crippen LogP contribution in [0.2, 0.25) is 0 Å². The first kappa shape index (κ1) is 24.2. The Morgan fingerprint density at radius 1 is 1.03 bits per heavy atom. The van der Waals surface area contributed by atoms with E-state index in [-0.39, 0.29) is 10.8 Å². The van der Waals surface area contributed by atoms with Crippen LogP contribution in [-0.2, 0) is 26.0 Å². The van der Waals surface area contributed by atoms with Crippen molar-refractivity contribution in [3.05, 3.63) is 59.7 Å². The zero-order valence-electron chi connectivity index (χ0n) is 18.9. The Morgan fingerprint density at radius 3 is 2.25 bits per heavy atom. The summed E-state index contributed by atoms with van der Waals surface area (Å²) in [5, 5.41) is 2.87. The Labute approximate surface area is 190 Å². The molecule has 174 valence electrons. The maximum Gasteiger partial charge on any atom is 0.260 e. The number of ether oxygens (including phenoxy) is 2. The van der Waals surface area contributed by atoms with Crippen LogP contribution in [0.4, 0.5) is 0 Å². The molecule has 1 aliphatic heterocycles. The number of carbonyl (C=O) groups is 1. The molecule has 7 nitrogen and oxygen atoms in total. The molecule has 1 saturated heterocycles. The van der Waals surface area contributed by atoms with Gasteiger partial charge in [-0.15, -0.1) is 0 Å². The molecule has 1 amide bonds. The lowest BCUT2D eigenvalue weighted by Gasteiger charge is -2.26. The van der Waals surface area contributed by atoms with Crippen molar-refractivity contribution in [1.29, 1.82) is 0 Å². The number of carbonyl (C=O) groups excluding carboxylic acids is 1. The van der Waals surface area contributed by atoms with E-state index in [1.165, 1.54) is 9.87 Å². The fraction of sp³-hybridized carbons (Fsp3) is 0.458. The standard InChI is InChI=1S/C24H32N2O5S/c1-18(2)21-6-8-22(9-7-21)31-19(3)24(27)25-13-12-20-4-10-23(11-5-20)32(28,29)26-14-16-30-17-15-26/h4-11,18-19H,12-17H2,1-3H3,(H,25,27). The predicted molar refractivity (Wildman–Crippen MR) is 123 cm³/mol. The molecular weight excluding hydrogens is 428 g/mol. The van der Waals surface area contributed by atoms with E-state index >= 15 is 0 Å². The van der Waals surface area contributed by atoms with Gasteiger partial charge in [0.2, 0.25) is 10.0 Å². The second-order valence-electron chi connectivity index (χ2n) is 8.19. The Bertz CT molecular complexity index is 982. The SMILES string of the molecule is CC(Oc1ccc(C(C)C)cc1)C(=O)NCCc1ccc(S(=O)(=O)N2CCOCC2)cc1. The number of sulfonamides is 1. The Kier molecular flexibility index (Phi) is 8.28. The number of rotatable bonds is 9.